The number of ether oxygens (including phenoxy) is 1. The number of hydrogen-bond donors (Lipinski definition) is 2. The summed E-state index contributed by atoms with van der Waals surface area (Å²) < 4.78 is 5.47. The predicted octanol–water partition coefficient (Wildman–Crippen LogP) is 1.79. The van der Waals surface area contributed by atoms with Crippen LogP contribution in [-0.2, 0) is 4.79 Å². The molecule has 88 valence electrons. The van der Waals surface area contributed by atoms with Gasteiger partial charge in [0.15, 0.2) is 0 Å². The molecule has 0 aromatic heterocycles. The second-order valence-corrected chi connectivity index (χ2v) is 3.66. The molecule has 2 N–H and O–H groups in total. The third-order valence-corrected chi connectivity index (χ3v) is 1.99. The summed E-state index contributed by atoms with van der Waals surface area (Å²) in [6.45, 7) is 3.59. The molecule has 1 unspecified atom stereocenters. The quantitative estimate of drug-likeness (QED) is 0.800. The van der Waals surface area contributed by atoms with Crippen molar-refractivity contribution in [3.8, 4) is 5.75 Å². The predicted molar refractivity (Wildman–Crippen MR) is 62.5 cm³/mol. The van der Waals surface area contributed by atoms with Gasteiger partial charge in [0.25, 0.3) is 0 Å². The second kappa shape index (κ2) is 6.12. The number of anilines is 1. The highest BCUT2D eigenvalue weighted by Gasteiger charge is 2.04. The number of amides is 1. The minimum Gasteiger partial charge on any atom is -0.491 e. The first-order valence-corrected chi connectivity index (χ1v) is 5.27. The van der Waals surface area contributed by atoms with Crippen LogP contribution >= 0.6 is 0 Å². The molecule has 0 aliphatic rings. The lowest BCUT2D eigenvalue weighted by atomic mass is 10.3. The molecule has 0 saturated carbocycles. The van der Waals surface area contributed by atoms with Gasteiger partial charge >= 0.3 is 0 Å². The molecule has 1 aromatic rings. The smallest absolute Gasteiger partial charge is 0.221 e. The van der Waals surface area contributed by atoms with E-state index in [1.165, 1.54) is 6.92 Å². The molecule has 1 amide bonds. The summed E-state index contributed by atoms with van der Waals surface area (Å²) in [6, 6.07) is 7.22. The normalized spacial score (nSPS) is 11.9. The Morgan fingerprint density at radius 1 is 1.50 bits per heavy atom. The molecule has 0 spiro atoms. The van der Waals surface area contributed by atoms with Crippen LogP contribution in [0, 0.1) is 0 Å². The van der Waals surface area contributed by atoms with E-state index >= 15 is 0 Å². The summed E-state index contributed by atoms with van der Waals surface area (Å²) in [5, 5.41) is 11.8. The standard InChI is InChI=1S/C12H17NO3/c1-9(14)7-8-16-12-6-4-3-5-11(12)13-10(2)15/h3-6,9,14H,7-8H2,1-2H3,(H,13,15). The van der Waals surface area contributed by atoms with Crippen LogP contribution in [0.3, 0.4) is 0 Å². The number of aliphatic hydroxyl groups is 1. The van der Waals surface area contributed by atoms with E-state index in [0.29, 0.717) is 24.5 Å². The number of carbonyl (C=O) groups excluding carboxylic acids is 1. The fourth-order valence-corrected chi connectivity index (χ4v) is 1.22. The maximum Gasteiger partial charge on any atom is 0.221 e. The Morgan fingerprint density at radius 3 is 2.81 bits per heavy atom. The second-order valence-electron chi connectivity index (χ2n) is 3.66. The number of hydrogen-bond acceptors (Lipinski definition) is 3. The molecule has 1 rings (SSSR count). The molecule has 16 heavy (non-hydrogen) atoms. The Kier molecular flexibility index (Phi) is 4.79. The monoisotopic (exact) mass is 223 g/mol. The van der Waals surface area contributed by atoms with Gasteiger partial charge < -0.3 is 15.2 Å². The van der Waals surface area contributed by atoms with Gasteiger partial charge in [-0.1, -0.05) is 12.1 Å². The number of para-hydroxylation sites is 2. The number of carbonyl (C=O) groups is 1. The van der Waals surface area contributed by atoms with E-state index in [1.807, 2.05) is 12.1 Å². The van der Waals surface area contributed by atoms with E-state index in [-0.39, 0.29) is 12.0 Å². The molecular formula is C12H17NO3. The first-order chi connectivity index (χ1) is 7.59. The van der Waals surface area contributed by atoms with E-state index in [1.54, 1.807) is 19.1 Å². The van der Waals surface area contributed by atoms with Crippen LogP contribution in [0.1, 0.15) is 20.3 Å². The summed E-state index contributed by atoms with van der Waals surface area (Å²) in [4.78, 5) is 10.9. The topological polar surface area (TPSA) is 58.6 Å². The maximum absolute atomic E-state index is 10.9. The van der Waals surface area contributed by atoms with Crippen molar-refractivity contribution in [2.45, 2.75) is 26.4 Å². The molecule has 0 aliphatic heterocycles. The van der Waals surface area contributed by atoms with E-state index in [2.05, 4.69) is 5.32 Å². The van der Waals surface area contributed by atoms with Crippen LogP contribution in [-0.4, -0.2) is 23.7 Å². The van der Waals surface area contributed by atoms with E-state index < -0.39 is 0 Å². The zero-order chi connectivity index (χ0) is 12.0. The molecule has 4 nitrogen and oxygen atoms in total. The number of nitrogens with one attached hydrogen (secondary N) is 1. The summed E-state index contributed by atoms with van der Waals surface area (Å²) >= 11 is 0. The summed E-state index contributed by atoms with van der Waals surface area (Å²) in [5.74, 6) is 0.491. The average Bonchev–Trinajstić information content (AvgIpc) is 2.19. The van der Waals surface area contributed by atoms with Gasteiger partial charge in [-0.2, -0.15) is 0 Å². The molecule has 1 atom stereocenters. The molecule has 0 saturated heterocycles. The van der Waals surface area contributed by atoms with Crippen LogP contribution in [0.25, 0.3) is 0 Å². The highest BCUT2D eigenvalue weighted by Crippen LogP contribution is 2.23. The largest absolute Gasteiger partial charge is 0.491 e. The molecule has 0 bridgehead atoms. The van der Waals surface area contributed by atoms with Gasteiger partial charge in [0.1, 0.15) is 5.75 Å². The minimum atomic E-state index is -0.382. The maximum atomic E-state index is 10.9. The van der Waals surface area contributed by atoms with Gasteiger partial charge in [0, 0.05) is 13.3 Å². The van der Waals surface area contributed by atoms with Crippen LogP contribution in [0.4, 0.5) is 5.69 Å². The molecule has 4 heteroatoms. The van der Waals surface area contributed by atoms with Crippen molar-refractivity contribution in [1.29, 1.82) is 0 Å². The fraction of sp³-hybridized carbons (Fsp3) is 0.417. The van der Waals surface area contributed by atoms with Gasteiger partial charge in [0.05, 0.1) is 18.4 Å². The average molecular weight is 223 g/mol. The van der Waals surface area contributed by atoms with Gasteiger partial charge in [0.2, 0.25) is 5.91 Å². The first kappa shape index (κ1) is 12.5. The molecule has 0 heterocycles. The van der Waals surface area contributed by atoms with E-state index in [0.717, 1.165) is 0 Å². The SMILES string of the molecule is CC(=O)Nc1ccccc1OCCC(C)O. The van der Waals surface area contributed by atoms with Gasteiger partial charge in [-0.25, -0.2) is 0 Å². The number of rotatable bonds is 5. The van der Waals surface area contributed by atoms with E-state index in [9.17, 15) is 4.79 Å². The third kappa shape index (κ3) is 4.31. The highest BCUT2D eigenvalue weighted by molar-refractivity contribution is 5.90. The van der Waals surface area contributed by atoms with Crippen molar-refractivity contribution in [1.82, 2.24) is 0 Å². The molecular weight excluding hydrogens is 206 g/mol. The van der Waals surface area contributed by atoms with Gasteiger partial charge in [-0.15, -0.1) is 0 Å². The van der Waals surface area contributed by atoms with Crippen LogP contribution in [0.15, 0.2) is 24.3 Å². The van der Waals surface area contributed by atoms with Crippen molar-refractivity contribution in [2.75, 3.05) is 11.9 Å². The lowest BCUT2D eigenvalue weighted by Crippen LogP contribution is -2.10. The minimum absolute atomic E-state index is 0.133. The Hall–Kier alpha value is -1.55. The number of aliphatic hydroxyl groups excluding tert-OH is 1. The zero-order valence-corrected chi connectivity index (χ0v) is 9.56. The fourth-order valence-electron chi connectivity index (χ4n) is 1.22. The summed E-state index contributed by atoms with van der Waals surface area (Å²) in [7, 11) is 0. The van der Waals surface area contributed by atoms with Crippen molar-refractivity contribution >= 4 is 11.6 Å². The molecule has 0 fully saturated rings. The Bertz CT molecular complexity index is 350. The van der Waals surface area contributed by atoms with Gasteiger partial charge in [-0.05, 0) is 19.1 Å². The van der Waals surface area contributed by atoms with Crippen molar-refractivity contribution in [2.24, 2.45) is 0 Å². The van der Waals surface area contributed by atoms with Crippen LogP contribution in [0.5, 0.6) is 5.75 Å². The zero-order valence-electron chi connectivity index (χ0n) is 9.56. The Labute approximate surface area is 95.2 Å². The van der Waals surface area contributed by atoms with Crippen LogP contribution in [0.2, 0.25) is 0 Å². The molecule has 0 aliphatic carbocycles. The van der Waals surface area contributed by atoms with Crippen molar-refractivity contribution in [3.63, 3.8) is 0 Å². The lowest BCUT2D eigenvalue weighted by molar-refractivity contribution is -0.114. The molecule has 1 aromatic carbocycles. The first-order valence-electron chi connectivity index (χ1n) is 5.27. The van der Waals surface area contributed by atoms with Crippen molar-refractivity contribution < 1.29 is 14.6 Å². The lowest BCUT2D eigenvalue weighted by Gasteiger charge is -2.12. The van der Waals surface area contributed by atoms with Crippen LogP contribution < -0.4 is 10.1 Å². The third-order valence-electron chi connectivity index (χ3n) is 1.99. The number of benzene rings is 1. The summed E-state index contributed by atoms with van der Waals surface area (Å²) in [6.07, 6.45) is 0.182. The molecule has 0 radical (unpaired) electrons. The van der Waals surface area contributed by atoms with Gasteiger partial charge in [-0.3, -0.25) is 4.79 Å². The van der Waals surface area contributed by atoms with E-state index in [4.69, 9.17) is 9.84 Å². The van der Waals surface area contributed by atoms with Crippen molar-refractivity contribution in [3.05, 3.63) is 24.3 Å². The highest BCUT2D eigenvalue weighted by atomic mass is 16.5. The Balaban J connectivity index is 2.60. The Morgan fingerprint density at radius 2 is 2.19 bits per heavy atom. The summed E-state index contributed by atoms with van der Waals surface area (Å²) in [5.41, 5.74) is 0.653.